The van der Waals surface area contributed by atoms with Crippen molar-refractivity contribution in [3.8, 4) is 11.8 Å². The lowest BCUT2D eigenvalue weighted by molar-refractivity contribution is -0.929. The minimum atomic E-state index is -1.09. The fraction of sp³-hybridized carbons (Fsp3) is 0.525. The second kappa shape index (κ2) is 17.3. The van der Waals surface area contributed by atoms with Crippen molar-refractivity contribution in [2.75, 3.05) is 31.1 Å². The van der Waals surface area contributed by atoms with Crippen molar-refractivity contribution in [2.45, 2.75) is 110 Å². The summed E-state index contributed by atoms with van der Waals surface area (Å²) in [5.74, 6) is -0.289. The molecule has 1 unspecified atom stereocenters. The standard InChI is InChI=1S/C24H21N3O3.C16H36N/c1-23(2)20-10-6-7-11-21(20)26(24(23,16-25)18-8-4-3-5-9-18)15-17-14-19(27(29)30)12-13-22(17)28;1-5-9-13-17(14-10-6-2,15-11-7-3)16-12-8-4/h3-14,28H,15H2,1-2H3;5-16H2,1-4H3/q;+1/p-1. The summed E-state index contributed by atoms with van der Waals surface area (Å²) < 4.78 is 1.42. The number of unbranched alkanes of at least 4 members (excludes halogenated alkanes) is 4. The smallest absolute Gasteiger partial charge is 0.269 e. The summed E-state index contributed by atoms with van der Waals surface area (Å²) in [7, 11) is 0. The van der Waals surface area contributed by atoms with E-state index in [1.807, 2.05) is 73.3 Å². The highest BCUT2D eigenvalue weighted by molar-refractivity contribution is 5.71. The Balaban J connectivity index is 0.000000303. The van der Waals surface area contributed by atoms with E-state index in [0.717, 1.165) is 16.8 Å². The Morgan fingerprint density at radius 3 is 1.79 bits per heavy atom. The van der Waals surface area contributed by atoms with E-state index in [-0.39, 0.29) is 23.5 Å². The number of rotatable bonds is 16. The minimum Gasteiger partial charge on any atom is -0.872 e. The number of benzene rings is 3. The Bertz CT molecular complexity index is 1430. The van der Waals surface area contributed by atoms with E-state index in [9.17, 15) is 20.5 Å². The van der Waals surface area contributed by atoms with Gasteiger partial charge in [-0.25, -0.2) is 0 Å². The summed E-state index contributed by atoms with van der Waals surface area (Å²) in [6.45, 7) is 19.1. The number of hydrogen-bond acceptors (Lipinski definition) is 5. The van der Waals surface area contributed by atoms with Gasteiger partial charge in [-0.2, -0.15) is 5.26 Å². The Hall–Kier alpha value is -3.89. The molecule has 0 amide bonds. The lowest BCUT2D eigenvalue weighted by atomic mass is 9.67. The van der Waals surface area contributed by atoms with Crippen LogP contribution in [0.1, 0.15) is 110 Å². The molecule has 1 atom stereocenters. The summed E-state index contributed by atoms with van der Waals surface area (Å²) in [6.07, 6.45) is 11.1. The van der Waals surface area contributed by atoms with Crippen LogP contribution in [0.25, 0.3) is 0 Å². The molecule has 0 spiro atoms. The van der Waals surface area contributed by atoms with Gasteiger partial charge in [-0.15, -0.1) is 5.75 Å². The number of hydrogen-bond donors (Lipinski definition) is 0. The van der Waals surface area contributed by atoms with Gasteiger partial charge < -0.3 is 14.5 Å². The maximum atomic E-state index is 12.6. The molecule has 3 aromatic carbocycles. The second-order valence-corrected chi connectivity index (χ2v) is 13.6. The molecule has 1 heterocycles. The van der Waals surface area contributed by atoms with Crippen LogP contribution >= 0.6 is 0 Å². The number of nitriles is 1. The average molecular weight is 641 g/mol. The third-order valence-electron chi connectivity index (χ3n) is 10.1. The van der Waals surface area contributed by atoms with Crippen LogP contribution in [0, 0.1) is 21.4 Å². The van der Waals surface area contributed by atoms with Crippen LogP contribution in [0.4, 0.5) is 11.4 Å². The zero-order valence-electron chi connectivity index (χ0n) is 29.6. The lowest BCUT2D eigenvalue weighted by Crippen LogP contribution is -2.51. The molecule has 0 saturated heterocycles. The summed E-state index contributed by atoms with van der Waals surface area (Å²) in [5.41, 5.74) is 1.11. The highest BCUT2D eigenvalue weighted by Gasteiger charge is 2.58. The van der Waals surface area contributed by atoms with Crippen LogP contribution in [-0.4, -0.2) is 35.6 Å². The van der Waals surface area contributed by atoms with Crippen molar-refractivity contribution in [1.82, 2.24) is 0 Å². The van der Waals surface area contributed by atoms with Crippen LogP contribution in [-0.2, 0) is 17.5 Å². The van der Waals surface area contributed by atoms with E-state index < -0.39 is 15.9 Å². The second-order valence-electron chi connectivity index (χ2n) is 13.6. The molecule has 7 heteroatoms. The van der Waals surface area contributed by atoms with E-state index in [0.29, 0.717) is 0 Å². The van der Waals surface area contributed by atoms with Crippen molar-refractivity contribution in [3.05, 3.63) is 99.6 Å². The van der Waals surface area contributed by atoms with Gasteiger partial charge >= 0.3 is 0 Å². The first-order valence-corrected chi connectivity index (χ1v) is 17.7. The van der Waals surface area contributed by atoms with Crippen molar-refractivity contribution in [3.63, 3.8) is 0 Å². The molecule has 0 bridgehead atoms. The lowest BCUT2D eigenvalue weighted by Gasteiger charge is -2.43. The number of nitro groups is 1. The van der Waals surface area contributed by atoms with E-state index in [4.69, 9.17) is 0 Å². The van der Waals surface area contributed by atoms with Gasteiger partial charge in [0, 0.05) is 29.8 Å². The Kier molecular flexibility index (Phi) is 13.8. The largest absolute Gasteiger partial charge is 0.872 e. The van der Waals surface area contributed by atoms with Crippen LogP contribution in [0.2, 0.25) is 0 Å². The molecular weight excluding hydrogens is 584 g/mol. The third-order valence-corrected chi connectivity index (χ3v) is 10.1. The van der Waals surface area contributed by atoms with Gasteiger partial charge in [-0.3, -0.25) is 10.1 Å². The molecule has 0 saturated carbocycles. The van der Waals surface area contributed by atoms with Gasteiger partial charge in [0.25, 0.3) is 5.69 Å². The van der Waals surface area contributed by atoms with E-state index >= 15 is 0 Å². The van der Waals surface area contributed by atoms with Crippen molar-refractivity contribution in [2.24, 2.45) is 0 Å². The van der Waals surface area contributed by atoms with Gasteiger partial charge in [0.05, 0.1) is 37.2 Å². The molecule has 7 nitrogen and oxygen atoms in total. The first-order valence-electron chi connectivity index (χ1n) is 17.7. The monoisotopic (exact) mass is 640 g/mol. The average Bonchev–Trinajstić information content (AvgIpc) is 3.28. The van der Waals surface area contributed by atoms with Crippen LogP contribution < -0.4 is 10.0 Å². The highest BCUT2D eigenvalue weighted by atomic mass is 16.6. The first-order chi connectivity index (χ1) is 22.6. The first kappa shape index (κ1) is 37.6. The molecule has 1 aliphatic heterocycles. The number of anilines is 1. The van der Waals surface area contributed by atoms with E-state index in [1.54, 1.807) is 0 Å². The number of quaternary nitrogens is 1. The van der Waals surface area contributed by atoms with Crippen molar-refractivity contribution >= 4 is 11.4 Å². The van der Waals surface area contributed by atoms with Gasteiger partial charge in [0.15, 0.2) is 5.54 Å². The normalized spacial score (nSPS) is 16.6. The Morgan fingerprint density at radius 2 is 1.30 bits per heavy atom. The number of non-ortho nitro benzene ring substituents is 1. The fourth-order valence-corrected chi connectivity index (χ4v) is 7.23. The van der Waals surface area contributed by atoms with Crippen LogP contribution in [0.5, 0.6) is 5.75 Å². The molecule has 0 N–H and O–H groups in total. The zero-order chi connectivity index (χ0) is 34.5. The fourth-order valence-electron chi connectivity index (χ4n) is 7.23. The van der Waals surface area contributed by atoms with Gasteiger partial charge in [-0.1, -0.05) is 122 Å². The zero-order valence-corrected chi connectivity index (χ0v) is 29.6. The molecule has 0 aliphatic carbocycles. The van der Waals surface area contributed by atoms with Crippen molar-refractivity contribution < 1.29 is 14.5 Å². The summed E-state index contributed by atoms with van der Waals surface area (Å²) >= 11 is 0. The molecular formula is C40H56N4O3. The van der Waals surface area contributed by atoms with E-state index in [2.05, 4.69) is 33.8 Å². The molecule has 3 aromatic rings. The molecule has 0 aromatic heterocycles. The quantitative estimate of drug-likeness (QED) is 0.0883. The van der Waals surface area contributed by atoms with Crippen LogP contribution in [0.3, 0.4) is 0 Å². The Labute approximate surface area is 283 Å². The summed E-state index contributed by atoms with van der Waals surface area (Å²) in [5, 5.41) is 34.4. The number of fused-ring (bicyclic) bond motifs is 1. The number of para-hydroxylation sites is 1. The molecule has 47 heavy (non-hydrogen) atoms. The number of nitrogens with zero attached hydrogens (tertiary/aromatic N) is 4. The van der Waals surface area contributed by atoms with Crippen molar-refractivity contribution in [1.29, 1.82) is 5.26 Å². The van der Waals surface area contributed by atoms with Gasteiger partial charge in [0.2, 0.25) is 0 Å². The molecule has 1 aliphatic rings. The molecule has 0 radical (unpaired) electrons. The Morgan fingerprint density at radius 1 is 0.787 bits per heavy atom. The van der Waals surface area contributed by atoms with E-state index in [1.165, 1.54) is 100 Å². The third kappa shape index (κ3) is 8.34. The highest BCUT2D eigenvalue weighted by Crippen LogP contribution is 2.57. The minimum absolute atomic E-state index is 0.0867. The van der Waals surface area contributed by atoms with Gasteiger partial charge in [-0.05, 0) is 48.4 Å². The van der Waals surface area contributed by atoms with Crippen LogP contribution in [0.15, 0.2) is 72.8 Å². The molecule has 4 rings (SSSR count). The maximum absolute atomic E-state index is 12.6. The summed E-state index contributed by atoms with van der Waals surface area (Å²) in [4.78, 5) is 12.6. The topological polar surface area (TPSA) is 93.2 Å². The maximum Gasteiger partial charge on any atom is 0.269 e. The predicted molar refractivity (Wildman–Crippen MR) is 191 cm³/mol. The summed E-state index contributed by atoms with van der Waals surface area (Å²) in [6, 6.07) is 23.5. The van der Waals surface area contributed by atoms with Gasteiger partial charge in [0.1, 0.15) is 0 Å². The predicted octanol–water partition coefficient (Wildman–Crippen LogP) is 9.39. The SMILES string of the molecule is CC1(C)c2ccccc2N(Cc2cc([N+](=O)[O-])ccc2[O-])C1(C#N)c1ccccc1.CCCC[N+](CCCC)(CCCC)CCCC. The molecule has 254 valence electrons. The molecule has 0 fully saturated rings. The number of nitro benzene ring substituents is 1.